The molecule has 128 valence electrons. The predicted octanol–water partition coefficient (Wildman–Crippen LogP) is 3.17. The molecule has 6 heteroatoms. The number of carbonyl (C=O) groups is 1. The molecule has 0 unspecified atom stereocenters. The van der Waals surface area contributed by atoms with Crippen molar-refractivity contribution in [3.05, 3.63) is 59.7 Å². The van der Waals surface area contributed by atoms with Crippen LogP contribution in [0.25, 0.3) is 11.0 Å². The van der Waals surface area contributed by atoms with Gasteiger partial charge in [-0.25, -0.2) is 0 Å². The predicted molar refractivity (Wildman–Crippen MR) is 97.9 cm³/mol. The van der Waals surface area contributed by atoms with Gasteiger partial charge in [0.2, 0.25) is 0 Å². The minimum absolute atomic E-state index is 0.0680. The summed E-state index contributed by atoms with van der Waals surface area (Å²) < 4.78 is 13.9. The first-order valence-corrected chi connectivity index (χ1v) is 9.14. The van der Waals surface area contributed by atoms with Gasteiger partial charge in [-0.15, -0.1) is 0 Å². The Morgan fingerprint density at radius 2 is 1.84 bits per heavy atom. The molecule has 1 aliphatic heterocycles. The summed E-state index contributed by atoms with van der Waals surface area (Å²) in [4.78, 5) is 12.6. The standard InChI is InChI=1S/C19H19N3O2S/c23-18(14-6-7-16-17(12-14)22-25-21-16)20-13-19(8-10-24-11-9-19)15-4-2-1-3-5-15/h1-7,12H,8-11,13H2,(H,20,23). The van der Waals surface area contributed by atoms with E-state index < -0.39 is 0 Å². The van der Waals surface area contributed by atoms with Crippen molar-refractivity contribution < 1.29 is 9.53 Å². The van der Waals surface area contributed by atoms with Crippen molar-refractivity contribution in [2.45, 2.75) is 18.3 Å². The monoisotopic (exact) mass is 353 g/mol. The lowest BCUT2D eigenvalue weighted by molar-refractivity contribution is 0.0487. The molecule has 25 heavy (non-hydrogen) atoms. The van der Waals surface area contributed by atoms with E-state index in [0.717, 1.165) is 48.8 Å². The van der Waals surface area contributed by atoms with E-state index in [9.17, 15) is 4.79 Å². The van der Waals surface area contributed by atoms with Gasteiger partial charge in [-0.1, -0.05) is 30.3 Å². The summed E-state index contributed by atoms with van der Waals surface area (Å²) in [5.41, 5.74) is 3.41. The lowest BCUT2D eigenvalue weighted by atomic mass is 9.74. The Balaban J connectivity index is 1.53. The topological polar surface area (TPSA) is 64.1 Å². The van der Waals surface area contributed by atoms with Crippen LogP contribution in [-0.2, 0) is 10.2 Å². The van der Waals surface area contributed by atoms with E-state index in [2.05, 4.69) is 38.3 Å². The fourth-order valence-corrected chi connectivity index (χ4v) is 3.91. The van der Waals surface area contributed by atoms with Crippen molar-refractivity contribution in [3.63, 3.8) is 0 Å². The first kappa shape index (κ1) is 16.2. The molecule has 1 saturated heterocycles. The maximum absolute atomic E-state index is 12.6. The van der Waals surface area contributed by atoms with E-state index >= 15 is 0 Å². The molecular formula is C19H19N3O2S. The van der Waals surface area contributed by atoms with Crippen LogP contribution in [0.15, 0.2) is 48.5 Å². The smallest absolute Gasteiger partial charge is 0.251 e. The first-order valence-electron chi connectivity index (χ1n) is 8.41. The molecular weight excluding hydrogens is 334 g/mol. The van der Waals surface area contributed by atoms with Crippen LogP contribution in [-0.4, -0.2) is 34.4 Å². The highest BCUT2D eigenvalue weighted by Crippen LogP contribution is 2.34. The number of fused-ring (bicyclic) bond motifs is 1. The van der Waals surface area contributed by atoms with Crippen LogP contribution >= 0.6 is 11.7 Å². The Morgan fingerprint density at radius 3 is 2.64 bits per heavy atom. The van der Waals surface area contributed by atoms with Gasteiger partial charge in [-0.3, -0.25) is 4.79 Å². The minimum atomic E-state index is -0.0725. The van der Waals surface area contributed by atoms with E-state index in [0.29, 0.717) is 12.1 Å². The molecule has 1 amide bonds. The maximum Gasteiger partial charge on any atom is 0.251 e. The Morgan fingerprint density at radius 1 is 1.08 bits per heavy atom. The van der Waals surface area contributed by atoms with Crippen molar-refractivity contribution in [1.29, 1.82) is 0 Å². The SMILES string of the molecule is O=C(NCC1(c2ccccc2)CCOCC1)c1ccc2nsnc2c1. The minimum Gasteiger partial charge on any atom is -0.381 e. The lowest BCUT2D eigenvalue weighted by Crippen LogP contribution is -2.44. The summed E-state index contributed by atoms with van der Waals surface area (Å²) in [5.74, 6) is -0.0725. The van der Waals surface area contributed by atoms with E-state index in [4.69, 9.17) is 4.74 Å². The summed E-state index contributed by atoms with van der Waals surface area (Å²) in [6, 6.07) is 15.9. The summed E-state index contributed by atoms with van der Waals surface area (Å²) in [5, 5.41) is 3.13. The number of nitrogens with zero attached hydrogens (tertiary/aromatic N) is 2. The number of hydrogen-bond donors (Lipinski definition) is 1. The highest BCUT2D eigenvalue weighted by molar-refractivity contribution is 7.00. The number of ether oxygens (including phenoxy) is 1. The van der Waals surface area contributed by atoms with Crippen LogP contribution in [0.3, 0.4) is 0 Å². The van der Waals surface area contributed by atoms with Gasteiger partial charge in [-0.05, 0) is 36.6 Å². The largest absolute Gasteiger partial charge is 0.381 e. The molecule has 1 N–H and O–H groups in total. The average Bonchev–Trinajstić information content (AvgIpc) is 3.15. The number of hydrogen-bond acceptors (Lipinski definition) is 5. The summed E-state index contributed by atoms with van der Waals surface area (Å²) in [7, 11) is 0. The molecule has 0 aliphatic carbocycles. The fourth-order valence-electron chi connectivity index (χ4n) is 3.40. The number of nitrogens with one attached hydrogen (secondary N) is 1. The van der Waals surface area contributed by atoms with Crippen molar-refractivity contribution in [2.75, 3.05) is 19.8 Å². The molecule has 0 bridgehead atoms. The molecule has 3 aromatic rings. The zero-order valence-corrected chi connectivity index (χ0v) is 14.6. The third kappa shape index (κ3) is 3.27. The summed E-state index contributed by atoms with van der Waals surface area (Å²) in [6.45, 7) is 2.05. The Bertz CT molecular complexity index is 873. The normalized spacial score (nSPS) is 16.6. The number of carbonyl (C=O) groups excluding carboxylic acids is 1. The average molecular weight is 353 g/mol. The van der Waals surface area contributed by atoms with Gasteiger partial charge in [0, 0.05) is 30.7 Å². The van der Waals surface area contributed by atoms with E-state index in [1.165, 1.54) is 5.56 Å². The molecule has 0 radical (unpaired) electrons. The van der Waals surface area contributed by atoms with Crippen LogP contribution < -0.4 is 5.32 Å². The van der Waals surface area contributed by atoms with Crippen LogP contribution in [0.5, 0.6) is 0 Å². The van der Waals surface area contributed by atoms with Gasteiger partial charge < -0.3 is 10.1 Å². The second kappa shape index (κ2) is 6.90. The Kier molecular flexibility index (Phi) is 4.46. The molecule has 2 aromatic carbocycles. The number of rotatable bonds is 4. The molecule has 0 saturated carbocycles. The van der Waals surface area contributed by atoms with E-state index in [-0.39, 0.29) is 11.3 Å². The number of benzene rings is 2. The van der Waals surface area contributed by atoms with E-state index in [1.54, 1.807) is 12.1 Å². The maximum atomic E-state index is 12.6. The van der Waals surface area contributed by atoms with Crippen LogP contribution in [0.2, 0.25) is 0 Å². The zero-order chi connectivity index (χ0) is 17.1. The van der Waals surface area contributed by atoms with Crippen molar-refractivity contribution >= 4 is 28.7 Å². The number of aromatic nitrogens is 2. The van der Waals surface area contributed by atoms with Gasteiger partial charge in [0.05, 0.1) is 11.7 Å². The molecule has 1 aliphatic rings. The van der Waals surface area contributed by atoms with Crippen LogP contribution in [0.4, 0.5) is 0 Å². The summed E-state index contributed by atoms with van der Waals surface area (Å²) in [6.07, 6.45) is 1.82. The first-order chi connectivity index (χ1) is 12.3. The Labute approximate surface area is 150 Å². The van der Waals surface area contributed by atoms with Gasteiger partial charge in [-0.2, -0.15) is 8.75 Å². The third-order valence-electron chi connectivity index (χ3n) is 4.94. The molecule has 0 atom stereocenters. The quantitative estimate of drug-likeness (QED) is 0.782. The molecule has 5 nitrogen and oxygen atoms in total. The number of amides is 1. The van der Waals surface area contributed by atoms with Gasteiger partial charge in [0.15, 0.2) is 0 Å². The molecule has 1 fully saturated rings. The molecule has 2 heterocycles. The van der Waals surface area contributed by atoms with Gasteiger partial charge in [0.25, 0.3) is 5.91 Å². The lowest BCUT2D eigenvalue weighted by Gasteiger charge is -2.38. The summed E-state index contributed by atoms with van der Waals surface area (Å²) >= 11 is 1.16. The van der Waals surface area contributed by atoms with Crippen molar-refractivity contribution in [2.24, 2.45) is 0 Å². The van der Waals surface area contributed by atoms with Crippen LogP contribution in [0.1, 0.15) is 28.8 Å². The molecule has 1 aromatic heterocycles. The van der Waals surface area contributed by atoms with E-state index in [1.807, 2.05) is 12.1 Å². The second-order valence-corrected chi connectivity index (χ2v) is 6.94. The molecule has 0 spiro atoms. The fraction of sp³-hybridized carbons (Fsp3) is 0.316. The van der Waals surface area contributed by atoms with Crippen LogP contribution in [0, 0.1) is 0 Å². The van der Waals surface area contributed by atoms with Crippen molar-refractivity contribution in [3.8, 4) is 0 Å². The highest BCUT2D eigenvalue weighted by Gasteiger charge is 2.34. The molecule has 4 rings (SSSR count). The Hall–Kier alpha value is -2.31. The van der Waals surface area contributed by atoms with Gasteiger partial charge >= 0.3 is 0 Å². The van der Waals surface area contributed by atoms with Gasteiger partial charge in [0.1, 0.15) is 11.0 Å². The second-order valence-electron chi connectivity index (χ2n) is 6.41. The zero-order valence-electron chi connectivity index (χ0n) is 13.8. The van der Waals surface area contributed by atoms with Crippen molar-refractivity contribution in [1.82, 2.24) is 14.1 Å². The third-order valence-corrected chi connectivity index (χ3v) is 5.50. The highest BCUT2D eigenvalue weighted by atomic mass is 32.1.